The zero-order chi connectivity index (χ0) is 21.3. The Morgan fingerprint density at radius 1 is 1.20 bits per heavy atom. The molecule has 9 heteroatoms. The summed E-state index contributed by atoms with van der Waals surface area (Å²) in [7, 11) is 3.13. The molecular formula is C21H21N5O4. The highest BCUT2D eigenvalue weighted by atomic mass is 16.5. The lowest BCUT2D eigenvalue weighted by atomic mass is 10.1. The molecule has 1 amide bonds. The summed E-state index contributed by atoms with van der Waals surface area (Å²) in [5, 5.41) is 11.1. The van der Waals surface area contributed by atoms with Crippen LogP contribution < -0.4 is 14.8 Å². The number of hydrogen-bond acceptors (Lipinski definition) is 7. The van der Waals surface area contributed by atoms with Crippen LogP contribution in [0.15, 0.2) is 47.2 Å². The summed E-state index contributed by atoms with van der Waals surface area (Å²) in [5.74, 6) is 1.58. The normalized spacial score (nSPS) is 12.0. The lowest BCUT2D eigenvalue weighted by Crippen LogP contribution is -2.26. The van der Waals surface area contributed by atoms with Crippen LogP contribution in [0.2, 0.25) is 0 Å². The van der Waals surface area contributed by atoms with Gasteiger partial charge in [0.25, 0.3) is 5.91 Å². The highest BCUT2D eigenvalue weighted by Crippen LogP contribution is 2.31. The molecule has 3 heterocycles. The number of carbonyl (C=O) groups is 1. The number of methoxy groups -OCH3 is 2. The molecule has 1 unspecified atom stereocenters. The van der Waals surface area contributed by atoms with Gasteiger partial charge in [0.15, 0.2) is 11.5 Å². The molecule has 0 aliphatic rings. The van der Waals surface area contributed by atoms with E-state index in [9.17, 15) is 4.79 Å². The van der Waals surface area contributed by atoms with Crippen molar-refractivity contribution >= 4 is 11.4 Å². The second kappa shape index (κ2) is 7.86. The molecule has 3 aromatic heterocycles. The number of carbonyl (C=O) groups excluding carboxylic acids is 1. The van der Waals surface area contributed by atoms with Gasteiger partial charge in [-0.15, -0.1) is 0 Å². The molecular weight excluding hydrogens is 386 g/mol. The maximum atomic E-state index is 12.8. The first-order valence-electron chi connectivity index (χ1n) is 9.31. The minimum absolute atomic E-state index is 0.266. The molecule has 1 aromatic carbocycles. The van der Waals surface area contributed by atoms with E-state index in [0.717, 1.165) is 11.1 Å². The number of aryl methyl sites for hydroxylation is 1. The van der Waals surface area contributed by atoms with Gasteiger partial charge in [0.1, 0.15) is 6.04 Å². The zero-order valence-corrected chi connectivity index (χ0v) is 17.0. The predicted molar refractivity (Wildman–Crippen MR) is 109 cm³/mol. The van der Waals surface area contributed by atoms with Gasteiger partial charge in [0, 0.05) is 11.8 Å². The van der Waals surface area contributed by atoms with Gasteiger partial charge in [-0.3, -0.25) is 4.79 Å². The van der Waals surface area contributed by atoms with Gasteiger partial charge in [-0.2, -0.15) is 10.1 Å². The molecule has 4 rings (SSSR count). The number of fused-ring (bicyclic) bond motifs is 1. The van der Waals surface area contributed by atoms with Crippen molar-refractivity contribution in [3.05, 3.63) is 59.7 Å². The first-order valence-corrected chi connectivity index (χ1v) is 9.31. The Kier molecular flexibility index (Phi) is 5.09. The smallest absolute Gasteiger partial charge is 0.255 e. The Bertz CT molecular complexity index is 1210. The number of amides is 1. The van der Waals surface area contributed by atoms with Crippen LogP contribution in [-0.4, -0.2) is 39.9 Å². The van der Waals surface area contributed by atoms with Crippen LogP contribution in [0.3, 0.4) is 0 Å². The summed E-state index contributed by atoms with van der Waals surface area (Å²) < 4.78 is 17.6. The highest BCUT2D eigenvalue weighted by molar-refractivity contribution is 6.01. The van der Waals surface area contributed by atoms with E-state index in [-0.39, 0.29) is 5.91 Å². The second-order valence-electron chi connectivity index (χ2n) is 6.76. The van der Waals surface area contributed by atoms with Crippen LogP contribution in [0.25, 0.3) is 16.9 Å². The number of nitrogens with one attached hydrogen (secondary N) is 1. The third-order valence-electron chi connectivity index (χ3n) is 4.79. The molecule has 4 aromatic rings. The van der Waals surface area contributed by atoms with Crippen LogP contribution in [0.4, 0.5) is 0 Å². The summed E-state index contributed by atoms with van der Waals surface area (Å²) in [6, 6.07) is 8.67. The fourth-order valence-corrected chi connectivity index (χ4v) is 3.22. The SMILES string of the molecule is COc1ccc(-c2noc(C(C)NC(=O)c3cnn4cccc(C)c34)n2)cc1OC. The molecule has 0 fully saturated rings. The van der Waals surface area contributed by atoms with Crippen molar-refractivity contribution in [2.24, 2.45) is 0 Å². The number of nitrogens with zero attached hydrogens (tertiary/aromatic N) is 4. The van der Waals surface area contributed by atoms with Gasteiger partial charge >= 0.3 is 0 Å². The van der Waals surface area contributed by atoms with Crippen LogP contribution in [0, 0.1) is 6.92 Å². The van der Waals surface area contributed by atoms with Crippen molar-refractivity contribution in [3.8, 4) is 22.9 Å². The molecule has 0 bridgehead atoms. The third-order valence-corrected chi connectivity index (χ3v) is 4.79. The highest BCUT2D eigenvalue weighted by Gasteiger charge is 2.21. The van der Waals surface area contributed by atoms with E-state index >= 15 is 0 Å². The van der Waals surface area contributed by atoms with Crippen LogP contribution in [0.5, 0.6) is 11.5 Å². The van der Waals surface area contributed by atoms with E-state index in [1.54, 1.807) is 56.3 Å². The monoisotopic (exact) mass is 407 g/mol. The molecule has 9 nitrogen and oxygen atoms in total. The zero-order valence-electron chi connectivity index (χ0n) is 17.0. The van der Waals surface area contributed by atoms with E-state index in [4.69, 9.17) is 14.0 Å². The average molecular weight is 407 g/mol. The van der Waals surface area contributed by atoms with Gasteiger partial charge < -0.3 is 19.3 Å². The van der Waals surface area contributed by atoms with Gasteiger partial charge in [0.2, 0.25) is 11.7 Å². The van der Waals surface area contributed by atoms with E-state index in [1.807, 2.05) is 19.1 Å². The Labute approximate surface area is 172 Å². The van der Waals surface area contributed by atoms with Crippen LogP contribution in [0.1, 0.15) is 34.8 Å². The summed E-state index contributed by atoms with van der Waals surface area (Å²) in [4.78, 5) is 17.2. The fraction of sp³-hybridized carbons (Fsp3) is 0.238. The molecule has 0 saturated carbocycles. The molecule has 0 saturated heterocycles. The number of benzene rings is 1. The van der Waals surface area contributed by atoms with E-state index < -0.39 is 6.04 Å². The van der Waals surface area contributed by atoms with E-state index in [1.165, 1.54) is 0 Å². The number of ether oxygens (including phenoxy) is 2. The molecule has 0 spiro atoms. The van der Waals surface area contributed by atoms with Gasteiger partial charge in [-0.25, -0.2) is 4.52 Å². The van der Waals surface area contributed by atoms with Crippen molar-refractivity contribution in [3.63, 3.8) is 0 Å². The number of aromatic nitrogens is 4. The lowest BCUT2D eigenvalue weighted by Gasteiger charge is -2.09. The third kappa shape index (κ3) is 3.45. The Morgan fingerprint density at radius 2 is 2.00 bits per heavy atom. The largest absolute Gasteiger partial charge is 0.493 e. The fourth-order valence-electron chi connectivity index (χ4n) is 3.22. The van der Waals surface area contributed by atoms with Gasteiger partial charge in [0.05, 0.1) is 31.5 Å². The first-order chi connectivity index (χ1) is 14.5. The van der Waals surface area contributed by atoms with Gasteiger partial charge in [-0.1, -0.05) is 11.2 Å². The standard InChI is InChI=1S/C21H21N5O4/c1-12-6-5-9-26-18(12)15(11-22-26)20(27)23-13(2)21-24-19(25-30-21)14-7-8-16(28-3)17(10-14)29-4/h5-11,13H,1-4H3,(H,23,27). The van der Waals surface area contributed by atoms with Gasteiger partial charge in [-0.05, 0) is 43.7 Å². The van der Waals surface area contributed by atoms with Crippen molar-refractivity contribution in [1.82, 2.24) is 25.1 Å². The molecule has 0 radical (unpaired) electrons. The van der Waals surface area contributed by atoms with Crippen molar-refractivity contribution in [1.29, 1.82) is 0 Å². The Morgan fingerprint density at radius 3 is 2.77 bits per heavy atom. The molecule has 1 atom stereocenters. The van der Waals surface area contributed by atoms with Crippen molar-refractivity contribution in [2.75, 3.05) is 14.2 Å². The maximum Gasteiger partial charge on any atom is 0.255 e. The summed E-state index contributed by atoms with van der Waals surface area (Å²) in [5.41, 5.74) is 2.92. The average Bonchev–Trinajstić information content (AvgIpc) is 3.41. The summed E-state index contributed by atoms with van der Waals surface area (Å²) >= 11 is 0. The molecule has 154 valence electrons. The first kappa shape index (κ1) is 19.4. The Hall–Kier alpha value is -3.88. The summed E-state index contributed by atoms with van der Waals surface area (Å²) in [6.45, 7) is 3.72. The molecule has 30 heavy (non-hydrogen) atoms. The Balaban J connectivity index is 1.54. The number of hydrogen-bond donors (Lipinski definition) is 1. The van der Waals surface area contributed by atoms with E-state index in [0.29, 0.717) is 34.3 Å². The lowest BCUT2D eigenvalue weighted by molar-refractivity contribution is 0.0934. The van der Waals surface area contributed by atoms with Crippen LogP contribution >= 0.6 is 0 Å². The second-order valence-corrected chi connectivity index (χ2v) is 6.76. The van der Waals surface area contributed by atoms with Crippen molar-refractivity contribution < 1.29 is 18.8 Å². The minimum Gasteiger partial charge on any atom is -0.493 e. The maximum absolute atomic E-state index is 12.8. The van der Waals surface area contributed by atoms with E-state index in [2.05, 4.69) is 20.6 Å². The number of rotatable bonds is 6. The number of pyridine rings is 1. The molecule has 0 aliphatic carbocycles. The molecule has 1 N–H and O–H groups in total. The van der Waals surface area contributed by atoms with Crippen molar-refractivity contribution in [2.45, 2.75) is 19.9 Å². The van der Waals surface area contributed by atoms with Crippen LogP contribution in [-0.2, 0) is 0 Å². The summed E-state index contributed by atoms with van der Waals surface area (Å²) in [6.07, 6.45) is 3.35. The minimum atomic E-state index is -0.488. The molecule has 0 aliphatic heterocycles. The topological polar surface area (TPSA) is 104 Å². The predicted octanol–water partition coefficient (Wildman–Crippen LogP) is 3.20. The quantitative estimate of drug-likeness (QED) is 0.523.